The van der Waals surface area contributed by atoms with Gasteiger partial charge in [-0.1, -0.05) is 39.3 Å². The van der Waals surface area contributed by atoms with Crippen LogP contribution in [-0.4, -0.2) is 52.1 Å². The summed E-state index contributed by atoms with van der Waals surface area (Å²) in [5.74, 6) is 0.960. The number of aliphatic hydroxyl groups is 3. The minimum atomic E-state index is -0.599. The van der Waals surface area contributed by atoms with E-state index in [2.05, 4.69) is 33.8 Å². The molecule has 2 saturated heterocycles. The van der Waals surface area contributed by atoms with Crippen molar-refractivity contribution in [2.75, 3.05) is 6.61 Å². The molecule has 0 unspecified atom stereocenters. The Balaban J connectivity index is 1.35. The molecule has 4 aliphatic carbocycles. The molecule has 0 aromatic carbocycles. The largest absolute Gasteiger partial charge is 0.393 e. The third-order valence-electron chi connectivity index (χ3n) is 11.5. The van der Waals surface area contributed by atoms with Crippen molar-refractivity contribution in [1.82, 2.24) is 0 Å². The van der Waals surface area contributed by atoms with Crippen LogP contribution in [0.25, 0.3) is 0 Å². The van der Waals surface area contributed by atoms with E-state index >= 15 is 0 Å². The summed E-state index contributed by atoms with van der Waals surface area (Å²) in [5, 5.41) is 33.8. The number of aliphatic hydroxyl groups excluding tert-OH is 3. The van der Waals surface area contributed by atoms with E-state index in [-0.39, 0.29) is 40.8 Å². The molecule has 5 nitrogen and oxygen atoms in total. The van der Waals surface area contributed by atoms with Gasteiger partial charge in [-0.2, -0.15) is 0 Å². The van der Waals surface area contributed by atoms with Crippen molar-refractivity contribution >= 4 is 0 Å². The van der Waals surface area contributed by atoms with Gasteiger partial charge in [0.15, 0.2) is 5.79 Å². The number of rotatable bonds is 0. The molecule has 3 N–H and O–H groups in total. The summed E-state index contributed by atoms with van der Waals surface area (Å²) in [7, 11) is 0. The van der Waals surface area contributed by atoms with Crippen LogP contribution in [0.15, 0.2) is 11.6 Å². The van der Waals surface area contributed by atoms with E-state index in [1.165, 1.54) is 5.57 Å². The molecule has 0 amide bonds. The quantitative estimate of drug-likeness (QED) is 0.495. The summed E-state index contributed by atoms with van der Waals surface area (Å²) in [6.07, 6.45) is 7.14. The molecule has 0 aromatic rings. The highest BCUT2D eigenvalue weighted by Crippen LogP contribution is 2.70. The fraction of sp³-hybridized carbons (Fsp3) is 0.926. The molecule has 6 aliphatic rings. The van der Waals surface area contributed by atoms with Gasteiger partial charge in [0.05, 0.1) is 31.0 Å². The number of hydrogen-bond donors (Lipinski definition) is 3. The van der Waals surface area contributed by atoms with Crippen LogP contribution in [0, 0.1) is 46.3 Å². The van der Waals surface area contributed by atoms with Crippen LogP contribution in [-0.2, 0) is 9.47 Å². The molecule has 1 spiro atoms. The standard InChI is InChI=1S/C27H42O5/c1-14-7-10-27(31-13-14)15(2)21-24(32-27)23(30)22-18-6-5-16-11-17(28)8-9-25(16,3)19(18)12-20(29)26(21,22)4/h5,14-15,17-24,28-30H,6-13H2,1-4H3/t14-,15+,17+,18-,19-,20-,21+,22+,23-,24-,25+,26-,27-/m1/s1. The van der Waals surface area contributed by atoms with Gasteiger partial charge in [-0.15, -0.1) is 0 Å². The molecular weight excluding hydrogens is 404 g/mol. The van der Waals surface area contributed by atoms with Crippen LogP contribution < -0.4 is 0 Å². The van der Waals surface area contributed by atoms with Gasteiger partial charge in [0.1, 0.15) is 0 Å². The lowest BCUT2D eigenvalue weighted by Crippen LogP contribution is -2.59. The Bertz CT molecular complexity index is 802. The molecule has 180 valence electrons. The molecule has 2 aliphatic heterocycles. The molecule has 32 heavy (non-hydrogen) atoms. The highest BCUT2D eigenvalue weighted by molar-refractivity contribution is 5.28. The maximum absolute atomic E-state index is 11.8. The zero-order valence-electron chi connectivity index (χ0n) is 20.2. The Morgan fingerprint density at radius 1 is 1.03 bits per heavy atom. The maximum Gasteiger partial charge on any atom is 0.171 e. The third-order valence-corrected chi connectivity index (χ3v) is 11.5. The fourth-order valence-electron chi connectivity index (χ4n) is 9.63. The Labute approximate surface area is 192 Å². The lowest BCUT2D eigenvalue weighted by atomic mass is 9.46. The van der Waals surface area contributed by atoms with Gasteiger partial charge >= 0.3 is 0 Å². The monoisotopic (exact) mass is 446 g/mol. The summed E-state index contributed by atoms with van der Waals surface area (Å²) in [6.45, 7) is 9.76. The van der Waals surface area contributed by atoms with Gasteiger partial charge < -0.3 is 24.8 Å². The smallest absolute Gasteiger partial charge is 0.171 e. The lowest BCUT2D eigenvalue weighted by Gasteiger charge is -2.60. The zero-order chi connectivity index (χ0) is 22.6. The van der Waals surface area contributed by atoms with E-state index in [0.29, 0.717) is 24.4 Å². The van der Waals surface area contributed by atoms with Gasteiger partial charge in [0.25, 0.3) is 0 Å². The summed E-state index contributed by atoms with van der Waals surface area (Å²) in [4.78, 5) is 0. The third kappa shape index (κ3) is 2.64. The van der Waals surface area contributed by atoms with Gasteiger partial charge in [-0.25, -0.2) is 0 Å². The van der Waals surface area contributed by atoms with E-state index in [4.69, 9.17) is 9.47 Å². The van der Waals surface area contributed by atoms with Crippen LogP contribution in [0.4, 0.5) is 0 Å². The Morgan fingerprint density at radius 3 is 2.53 bits per heavy atom. The first-order valence-corrected chi connectivity index (χ1v) is 13.2. The van der Waals surface area contributed by atoms with E-state index in [1.54, 1.807) is 0 Å². The topological polar surface area (TPSA) is 79.2 Å². The second kappa shape index (κ2) is 7.04. The predicted molar refractivity (Wildman–Crippen MR) is 120 cm³/mol. The minimum Gasteiger partial charge on any atom is -0.393 e. The summed E-state index contributed by atoms with van der Waals surface area (Å²) in [6, 6.07) is 0. The van der Waals surface area contributed by atoms with Crippen molar-refractivity contribution in [2.24, 2.45) is 46.3 Å². The van der Waals surface area contributed by atoms with E-state index < -0.39 is 18.0 Å². The van der Waals surface area contributed by atoms with Crippen LogP contribution in [0.1, 0.15) is 72.6 Å². The molecule has 5 heteroatoms. The molecule has 0 radical (unpaired) electrons. The molecule has 0 aromatic heterocycles. The molecule has 6 rings (SSSR count). The van der Waals surface area contributed by atoms with Crippen molar-refractivity contribution in [3.63, 3.8) is 0 Å². The van der Waals surface area contributed by atoms with Crippen LogP contribution >= 0.6 is 0 Å². The zero-order valence-corrected chi connectivity index (χ0v) is 20.2. The van der Waals surface area contributed by atoms with Gasteiger partial charge in [0.2, 0.25) is 0 Å². The van der Waals surface area contributed by atoms with E-state index in [1.807, 2.05) is 0 Å². The predicted octanol–water partition coefficient (Wildman–Crippen LogP) is 3.66. The van der Waals surface area contributed by atoms with Gasteiger partial charge in [-0.05, 0) is 67.6 Å². The maximum atomic E-state index is 11.8. The van der Waals surface area contributed by atoms with Crippen molar-refractivity contribution < 1.29 is 24.8 Å². The lowest BCUT2D eigenvalue weighted by molar-refractivity contribution is -0.283. The molecule has 5 fully saturated rings. The van der Waals surface area contributed by atoms with Crippen LogP contribution in [0.3, 0.4) is 0 Å². The Hall–Kier alpha value is -0.460. The minimum absolute atomic E-state index is 0.0260. The number of fused-ring (bicyclic) bond motifs is 7. The first-order valence-electron chi connectivity index (χ1n) is 13.2. The molecule has 3 saturated carbocycles. The Morgan fingerprint density at radius 2 is 1.81 bits per heavy atom. The Kier molecular flexibility index (Phi) is 4.84. The van der Waals surface area contributed by atoms with Gasteiger partial charge in [0, 0.05) is 23.7 Å². The average molecular weight is 447 g/mol. The van der Waals surface area contributed by atoms with Gasteiger partial charge in [-0.3, -0.25) is 0 Å². The molecule has 2 heterocycles. The van der Waals surface area contributed by atoms with E-state index in [9.17, 15) is 15.3 Å². The SMILES string of the molecule is C[C@@H]1CC[C@@]2(OC1)O[C@H]1[C@H](O)[C@@H]3[C@@H]4CC=C5C[C@@H](O)CC[C@]5(C)[C@@H]4C[C@@H](O)[C@]3(C)[C@H]1[C@@H]2C. The van der Waals surface area contributed by atoms with Crippen molar-refractivity contribution in [1.29, 1.82) is 0 Å². The second-order valence-corrected chi connectivity index (χ2v) is 12.8. The normalized spacial score (nSPS) is 61.5. The molecule has 13 atom stereocenters. The number of ether oxygens (including phenoxy) is 2. The van der Waals surface area contributed by atoms with E-state index in [0.717, 1.165) is 44.9 Å². The molecular formula is C27H42O5. The highest BCUT2D eigenvalue weighted by Gasteiger charge is 2.74. The van der Waals surface area contributed by atoms with Crippen molar-refractivity contribution in [3.8, 4) is 0 Å². The summed E-state index contributed by atoms with van der Waals surface area (Å²) in [5.41, 5.74) is 1.04. The summed E-state index contributed by atoms with van der Waals surface area (Å²) < 4.78 is 13.0. The first kappa shape index (κ1) is 22.0. The number of allylic oxidation sites excluding steroid dienone is 1. The second-order valence-electron chi connectivity index (χ2n) is 12.8. The average Bonchev–Trinajstić information content (AvgIpc) is 3.16. The summed E-state index contributed by atoms with van der Waals surface area (Å²) >= 11 is 0. The first-order chi connectivity index (χ1) is 15.1. The van der Waals surface area contributed by atoms with Crippen molar-refractivity contribution in [3.05, 3.63) is 11.6 Å². The van der Waals surface area contributed by atoms with Crippen LogP contribution in [0.5, 0.6) is 0 Å². The fourth-order valence-corrected chi connectivity index (χ4v) is 9.63. The van der Waals surface area contributed by atoms with Crippen molar-refractivity contribution in [2.45, 2.75) is 103 Å². The highest BCUT2D eigenvalue weighted by atomic mass is 16.7. The van der Waals surface area contributed by atoms with Crippen LogP contribution in [0.2, 0.25) is 0 Å². The number of hydrogen-bond acceptors (Lipinski definition) is 5. The molecule has 0 bridgehead atoms.